The molecule has 2 rings (SSSR count). The molecule has 1 atom stereocenters. The Labute approximate surface area is 136 Å². The summed E-state index contributed by atoms with van der Waals surface area (Å²) in [6.07, 6.45) is 5.63. The van der Waals surface area contributed by atoms with Gasteiger partial charge in [-0.15, -0.1) is 0 Å². The highest BCUT2D eigenvalue weighted by molar-refractivity contribution is 5.86. The molecule has 5 heteroatoms. The van der Waals surface area contributed by atoms with E-state index in [4.69, 9.17) is 0 Å². The van der Waals surface area contributed by atoms with Gasteiger partial charge in [-0.2, -0.15) is 5.10 Å². The highest BCUT2D eigenvalue weighted by Gasteiger charge is 2.16. The first kappa shape index (κ1) is 16.7. The first-order valence-electron chi connectivity index (χ1n) is 7.67. The number of hydrazone groups is 1. The van der Waals surface area contributed by atoms with Gasteiger partial charge in [-0.3, -0.25) is 9.78 Å². The van der Waals surface area contributed by atoms with E-state index in [1.165, 1.54) is 5.56 Å². The van der Waals surface area contributed by atoms with E-state index in [0.717, 1.165) is 16.8 Å². The van der Waals surface area contributed by atoms with Crippen molar-refractivity contribution in [3.63, 3.8) is 0 Å². The van der Waals surface area contributed by atoms with Crippen molar-refractivity contribution in [1.29, 1.82) is 0 Å². The number of rotatable bonds is 6. The Morgan fingerprint density at radius 3 is 2.65 bits per heavy atom. The smallest absolute Gasteiger partial charge is 0.262 e. The van der Waals surface area contributed by atoms with Crippen molar-refractivity contribution in [1.82, 2.24) is 10.4 Å². The normalized spacial score (nSPS) is 12.1. The van der Waals surface area contributed by atoms with E-state index >= 15 is 0 Å². The maximum absolute atomic E-state index is 12.2. The Balaban J connectivity index is 1.97. The molecule has 0 spiro atoms. The van der Waals surface area contributed by atoms with Crippen LogP contribution in [0.4, 0.5) is 5.69 Å². The van der Waals surface area contributed by atoms with Crippen LogP contribution in [0.15, 0.2) is 47.8 Å². The van der Waals surface area contributed by atoms with E-state index in [1.54, 1.807) is 18.6 Å². The minimum atomic E-state index is -0.328. The van der Waals surface area contributed by atoms with E-state index in [1.807, 2.05) is 38.1 Å². The summed E-state index contributed by atoms with van der Waals surface area (Å²) in [5.41, 5.74) is 6.76. The predicted molar refractivity (Wildman–Crippen MR) is 93.6 cm³/mol. The van der Waals surface area contributed by atoms with Gasteiger partial charge < -0.3 is 5.32 Å². The van der Waals surface area contributed by atoms with E-state index in [2.05, 4.69) is 33.8 Å². The number of aromatic nitrogens is 1. The van der Waals surface area contributed by atoms with Gasteiger partial charge >= 0.3 is 0 Å². The summed E-state index contributed by atoms with van der Waals surface area (Å²) < 4.78 is 0. The summed E-state index contributed by atoms with van der Waals surface area (Å²) in [6.45, 7) is 6.05. The van der Waals surface area contributed by atoms with Crippen molar-refractivity contribution in [2.45, 2.75) is 33.2 Å². The first-order chi connectivity index (χ1) is 11.1. The lowest BCUT2D eigenvalue weighted by Gasteiger charge is -2.18. The van der Waals surface area contributed by atoms with Crippen molar-refractivity contribution in [2.75, 3.05) is 5.32 Å². The molecule has 2 N–H and O–H groups in total. The van der Waals surface area contributed by atoms with Gasteiger partial charge in [0.05, 0.1) is 6.21 Å². The van der Waals surface area contributed by atoms with Crippen LogP contribution in [0.5, 0.6) is 0 Å². The Bertz CT molecular complexity index is 683. The lowest BCUT2D eigenvalue weighted by atomic mass is 10.1. The molecule has 1 unspecified atom stereocenters. The Morgan fingerprint density at radius 2 is 2.00 bits per heavy atom. The van der Waals surface area contributed by atoms with E-state index in [0.29, 0.717) is 6.42 Å². The number of nitrogens with zero attached hydrogens (tertiary/aromatic N) is 2. The number of pyridine rings is 1. The Hall–Kier alpha value is -2.69. The maximum atomic E-state index is 12.2. The molecule has 5 nitrogen and oxygen atoms in total. The van der Waals surface area contributed by atoms with Crippen LogP contribution in [-0.4, -0.2) is 23.1 Å². The molecule has 0 fully saturated rings. The molecule has 120 valence electrons. The standard InChI is InChI=1S/C18H22N4O/c1-4-16(21-17-6-5-13(2)11-14(17)3)18(23)22-20-12-15-7-9-19-10-8-15/h5-12,16,21H,4H2,1-3H3,(H,22,23)/b20-12-. The van der Waals surface area contributed by atoms with Crippen molar-refractivity contribution >= 4 is 17.8 Å². The fraction of sp³-hybridized carbons (Fsp3) is 0.278. The summed E-state index contributed by atoms with van der Waals surface area (Å²) >= 11 is 0. The summed E-state index contributed by atoms with van der Waals surface area (Å²) in [5.74, 6) is -0.155. The number of aryl methyl sites for hydroxylation is 2. The zero-order chi connectivity index (χ0) is 16.7. The van der Waals surface area contributed by atoms with Crippen molar-refractivity contribution in [3.05, 3.63) is 59.4 Å². The van der Waals surface area contributed by atoms with Crippen LogP contribution in [0.1, 0.15) is 30.0 Å². The lowest BCUT2D eigenvalue weighted by molar-refractivity contribution is -0.121. The lowest BCUT2D eigenvalue weighted by Crippen LogP contribution is -2.37. The Kier molecular flexibility index (Phi) is 5.86. The summed E-state index contributed by atoms with van der Waals surface area (Å²) in [4.78, 5) is 16.2. The van der Waals surface area contributed by atoms with Gasteiger partial charge in [0.1, 0.15) is 6.04 Å². The molecule has 0 bridgehead atoms. The molecular formula is C18H22N4O. The Morgan fingerprint density at radius 1 is 1.26 bits per heavy atom. The van der Waals surface area contributed by atoms with Gasteiger partial charge in [-0.05, 0) is 49.6 Å². The third-order valence-electron chi connectivity index (χ3n) is 3.53. The largest absolute Gasteiger partial charge is 0.373 e. The second-order valence-electron chi connectivity index (χ2n) is 5.44. The molecule has 1 aromatic heterocycles. The number of benzene rings is 1. The molecule has 0 saturated carbocycles. The predicted octanol–water partition coefficient (Wildman–Crippen LogP) is 3.04. The van der Waals surface area contributed by atoms with Crippen LogP contribution in [0.3, 0.4) is 0 Å². The molecule has 0 aliphatic carbocycles. The second kappa shape index (κ2) is 8.08. The van der Waals surface area contributed by atoms with Crippen LogP contribution in [0.25, 0.3) is 0 Å². The fourth-order valence-electron chi connectivity index (χ4n) is 2.21. The van der Waals surface area contributed by atoms with Crippen LogP contribution < -0.4 is 10.7 Å². The van der Waals surface area contributed by atoms with Gasteiger partial charge in [0, 0.05) is 18.1 Å². The molecule has 23 heavy (non-hydrogen) atoms. The van der Waals surface area contributed by atoms with Gasteiger partial charge in [0.25, 0.3) is 5.91 Å². The number of carbonyl (C=O) groups excluding carboxylic acids is 1. The van der Waals surface area contributed by atoms with Crippen molar-refractivity contribution < 1.29 is 4.79 Å². The average Bonchev–Trinajstić information content (AvgIpc) is 2.55. The minimum absolute atomic E-state index is 0.155. The van der Waals surface area contributed by atoms with Crippen molar-refractivity contribution in [3.8, 4) is 0 Å². The zero-order valence-corrected chi connectivity index (χ0v) is 13.7. The maximum Gasteiger partial charge on any atom is 0.262 e. The molecule has 1 aromatic carbocycles. The number of anilines is 1. The molecule has 0 aliphatic rings. The molecule has 0 saturated heterocycles. The van der Waals surface area contributed by atoms with Gasteiger partial charge in [-0.1, -0.05) is 24.6 Å². The third kappa shape index (κ3) is 4.92. The van der Waals surface area contributed by atoms with E-state index < -0.39 is 0 Å². The molecule has 1 heterocycles. The average molecular weight is 310 g/mol. The number of hydrogen-bond donors (Lipinski definition) is 2. The molecule has 0 aliphatic heterocycles. The SMILES string of the molecule is CCC(Nc1ccc(C)cc1C)C(=O)N/N=C\c1ccncc1. The van der Waals surface area contributed by atoms with Crippen LogP contribution in [0.2, 0.25) is 0 Å². The van der Waals surface area contributed by atoms with Crippen LogP contribution >= 0.6 is 0 Å². The summed E-state index contributed by atoms with van der Waals surface area (Å²) in [5, 5.41) is 7.27. The molecule has 0 radical (unpaired) electrons. The molecule has 2 aromatic rings. The second-order valence-corrected chi connectivity index (χ2v) is 5.44. The summed E-state index contributed by atoms with van der Waals surface area (Å²) in [6, 6.07) is 9.43. The van der Waals surface area contributed by atoms with Crippen LogP contribution in [0, 0.1) is 13.8 Å². The third-order valence-corrected chi connectivity index (χ3v) is 3.53. The topological polar surface area (TPSA) is 66.4 Å². The highest BCUT2D eigenvalue weighted by Crippen LogP contribution is 2.17. The number of nitrogens with one attached hydrogen (secondary N) is 2. The van der Waals surface area contributed by atoms with Crippen LogP contribution in [-0.2, 0) is 4.79 Å². The van der Waals surface area contributed by atoms with E-state index in [9.17, 15) is 4.79 Å². The number of carbonyl (C=O) groups is 1. The summed E-state index contributed by atoms with van der Waals surface area (Å²) in [7, 11) is 0. The number of amides is 1. The quantitative estimate of drug-likeness (QED) is 0.636. The highest BCUT2D eigenvalue weighted by atomic mass is 16.2. The first-order valence-corrected chi connectivity index (χ1v) is 7.67. The van der Waals surface area contributed by atoms with Gasteiger partial charge in [0.15, 0.2) is 0 Å². The monoisotopic (exact) mass is 310 g/mol. The van der Waals surface area contributed by atoms with Crippen molar-refractivity contribution in [2.24, 2.45) is 5.10 Å². The van der Waals surface area contributed by atoms with E-state index in [-0.39, 0.29) is 11.9 Å². The number of hydrogen-bond acceptors (Lipinski definition) is 4. The van der Waals surface area contributed by atoms with Gasteiger partial charge in [-0.25, -0.2) is 5.43 Å². The van der Waals surface area contributed by atoms with Gasteiger partial charge in [0.2, 0.25) is 0 Å². The fourth-order valence-corrected chi connectivity index (χ4v) is 2.21. The molecular weight excluding hydrogens is 288 g/mol. The minimum Gasteiger partial charge on any atom is -0.373 e. The molecule has 1 amide bonds. The zero-order valence-electron chi connectivity index (χ0n) is 13.7.